The van der Waals surface area contributed by atoms with Gasteiger partial charge in [-0.2, -0.15) is 0 Å². The zero-order chi connectivity index (χ0) is 9.49. The molecule has 0 atom stereocenters. The average molecular weight is 199 g/mol. The monoisotopic (exact) mass is 199 g/mol. The van der Waals surface area contributed by atoms with Crippen molar-refractivity contribution < 1.29 is 9.79 Å². The molecule has 0 radical (unpaired) electrons. The first kappa shape index (κ1) is 14.1. The zero-order valence-electron chi connectivity index (χ0n) is 7.61. The lowest BCUT2D eigenvalue weighted by Gasteiger charge is -2.01. The van der Waals surface area contributed by atoms with E-state index >= 15 is 0 Å². The molecule has 0 aliphatic heterocycles. The van der Waals surface area contributed by atoms with Crippen LogP contribution in [-0.4, -0.2) is 42.0 Å². The molecule has 0 saturated heterocycles. The minimum atomic E-state index is -2.83. The SMILES string of the molecule is CCCP(O)(O)=S.CN(C)C. The molecule has 0 saturated carbocycles. The van der Waals surface area contributed by atoms with E-state index in [4.69, 9.17) is 9.79 Å². The molecule has 3 nitrogen and oxygen atoms in total. The van der Waals surface area contributed by atoms with Crippen LogP contribution in [0.4, 0.5) is 0 Å². The Morgan fingerprint density at radius 2 is 1.55 bits per heavy atom. The molecule has 0 aromatic rings. The van der Waals surface area contributed by atoms with Crippen molar-refractivity contribution in [2.45, 2.75) is 13.3 Å². The highest BCUT2D eigenvalue weighted by Crippen LogP contribution is 2.34. The minimum Gasteiger partial charge on any atom is -0.345 e. The zero-order valence-corrected chi connectivity index (χ0v) is 9.32. The van der Waals surface area contributed by atoms with Gasteiger partial charge in [0.25, 0.3) is 0 Å². The fourth-order valence-corrected chi connectivity index (χ4v) is 1.42. The summed E-state index contributed by atoms with van der Waals surface area (Å²) in [4.78, 5) is 19.0. The molecule has 0 rings (SSSR count). The van der Waals surface area contributed by atoms with E-state index < -0.39 is 6.49 Å². The molecule has 0 amide bonds. The lowest BCUT2D eigenvalue weighted by Crippen LogP contribution is -1.99. The Morgan fingerprint density at radius 3 is 1.55 bits per heavy atom. The van der Waals surface area contributed by atoms with Gasteiger partial charge in [-0.3, -0.25) is 0 Å². The van der Waals surface area contributed by atoms with Gasteiger partial charge in [-0.05, 0) is 39.4 Å². The van der Waals surface area contributed by atoms with Crippen LogP contribution in [0.1, 0.15) is 13.3 Å². The maximum Gasteiger partial charge on any atom is 0.183 e. The third-order valence-electron chi connectivity index (χ3n) is 0.515. The highest BCUT2D eigenvalue weighted by Gasteiger charge is 2.02. The molecule has 11 heavy (non-hydrogen) atoms. The van der Waals surface area contributed by atoms with Crippen molar-refractivity contribution in [3.8, 4) is 0 Å². The summed E-state index contributed by atoms with van der Waals surface area (Å²) in [6.07, 6.45) is 1.13. The summed E-state index contributed by atoms with van der Waals surface area (Å²) in [6, 6.07) is 0. The lowest BCUT2D eigenvalue weighted by atomic mass is 10.6. The van der Waals surface area contributed by atoms with E-state index in [-0.39, 0.29) is 0 Å². The topological polar surface area (TPSA) is 43.7 Å². The third-order valence-corrected chi connectivity index (χ3v) is 2.09. The van der Waals surface area contributed by atoms with Crippen molar-refractivity contribution in [1.82, 2.24) is 4.90 Å². The lowest BCUT2D eigenvalue weighted by molar-refractivity contribution is 0.478. The summed E-state index contributed by atoms with van der Waals surface area (Å²) >= 11 is 4.31. The first-order valence-corrected chi connectivity index (χ1v) is 6.34. The summed E-state index contributed by atoms with van der Waals surface area (Å²) in [5.74, 6) is 0. The van der Waals surface area contributed by atoms with Gasteiger partial charge in [0, 0.05) is 6.16 Å². The second-order valence-corrected chi connectivity index (χ2v) is 6.26. The number of nitrogens with zero attached hydrogens (tertiary/aromatic N) is 1. The maximum atomic E-state index is 8.50. The molecule has 0 aromatic heterocycles. The highest BCUT2D eigenvalue weighted by atomic mass is 32.5. The fourth-order valence-electron chi connectivity index (χ4n) is 0.291. The van der Waals surface area contributed by atoms with Crippen LogP contribution in [0.25, 0.3) is 0 Å². The molecular weight excluding hydrogens is 181 g/mol. The van der Waals surface area contributed by atoms with Crippen LogP contribution >= 0.6 is 6.49 Å². The van der Waals surface area contributed by atoms with E-state index in [1.165, 1.54) is 0 Å². The van der Waals surface area contributed by atoms with Gasteiger partial charge in [0.15, 0.2) is 6.49 Å². The largest absolute Gasteiger partial charge is 0.345 e. The molecule has 0 aromatic carbocycles. The predicted octanol–water partition coefficient (Wildman–Crippen LogP) is 0.868. The molecule has 0 unspecified atom stereocenters. The second kappa shape index (κ2) is 7.19. The van der Waals surface area contributed by atoms with Crippen molar-refractivity contribution >= 4 is 18.3 Å². The fraction of sp³-hybridized carbons (Fsp3) is 1.00. The van der Waals surface area contributed by atoms with Crippen LogP contribution in [-0.2, 0) is 11.8 Å². The Hall–Kier alpha value is 0.530. The van der Waals surface area contributed by atoms with Gasteiger partial charge in [-0.1, -0.05) is 6.92 Å². The number of rotatable bonds is 2. The van der Waals surface area contributed by atoms with E-state index in [1.54, 1.807) is 0 Å². The molecule has 2 N–H and O–H groups in total. The van der Waals surface area contributed by atoms with Gasteiger partial charge in [0.2, 0.25) is 0 Å². The molecule has 5 heteroatoms. The van der Waals surface area contributed by atoms with Crippen molar-refractivity contribution in [2.75, 3.05) is 27.3 Å². The summed E-state index contributed by atoms with van der Waals surface area (Å²) in [6.45, 7) is -0.964. The molecule has 0 spiro atoms. The van der Waals surface area contributed by atoms with E-state index in [1.807, 2.05) is 33.0 Å². The Kier molecular flexibility index (Phi) is 9.21. The van der Waals surface area contributed by atoms with E-state index in [0.717, 1.165) is 6.42 Å². The predicted molar refractivity (Wildman–Crippen MR) is 53.5 cm³/mol. The Balaban J connectivity index is 0. The summed E-state index contributed by atoms with van der Waals surface area (Å²) in [5, 5.41) is 0. The molecule has 0 aliphatic carbocycles. The van der Waals surface area contributed by atoms with Crippen LogP contribution in [0, 0.1) is 0 Å². The molecule has 0 aliphatic rings. The Bertz CT molecular complexity index is 121. The van der Waals surface area contributed by atoms with Gasteiger partial charge in [-0.15, -0.1) is 0 Å². The standard InChI is InChI=1S/C3H9N.C3H9O2PS/c1-4(2)3;1-2-3-6(4,5)7/h1-3H3;2-3H2,1H3,(H2,4,5,7). The van der Waals surface area contributed by atoms with Crippen LogP contribution in [0.5, 0.6) is 0 Å². The highest BCUT2D eigenvalue weighted by molar-refractivity contribution is 8.09. The molecule has 0 bridgehead atoms. The van der Waals surface area contributed by atoms with Crippen LogP contribution in [0.2, 0.25) is 0 Å². The summed E-state index contributed by atoms with van der Waals surface area (Å²) in [7, 11) is 6.00. The smallest absolute Gasteiger partial charge is 0.183 e. The van der Waals surface area contributed by atoms with E-state index in [2.05, 4.69) is 11.8 Å². The molecule has 0 fully saturated rings. The Labute approximate surface area is 74.2 Å². The number of hydrogen-bond donors (Lipinski definition) is 2. The number of hydrogen-bond acceptors (Lipinski definition) is 2. The van der Waals surface area contributed by atoms with Gasteiger partial charge < -0.3 is 14.7 Å². The van der Waals surface area contributed by atoms with Gasteiger partial charge >= 0.3 is 0 Å². The van der Waals surface area contributed by atoms with Crippen molar-refractivity contribution in [1.29, 1.82) is 0 Å². The Morgan fingerprint density at radius 1 is 1.27 bits per heavy atom. The minimum absolute atomic E-state index is 0.377. The molecular formula is C6H18NO2PS. The maximum absolute atomic E-state index is 8.50. The van der Waals surface area contributed by atoms with Crippen LogP contribution < -0.4 is 0 Å². The summed E-state index contributed by atoms with van der Waals surface area (Å²) < 4.78 is 0. The summed E-state index contributed by atoms with van der Waals surface area (Å²) in [5.41, 5.74) is 0. The van der Waals surface area contributed by atoms with Gasteiger partial charge in [-0.25, -0.2) is 0 Å². The normalized spacial score (nSPS) is 10.8. The quantitative estimate of drug-likeness (QED) is 0.648. The van der Waals surface area contributed by atoms with Gasteiger partial charge in [0.1, 0.15) is 0 Å². The second-order valence-electron chi connectivity index (χ2n) is 2.73. The van der Waals surface area contributed by atoms with E-state index in [0.29, 0.717) is 6.16 Å². The van der Waals surface area contributed by atoms with Crippen molar-refractivity contribution in [2.24, 2.45) is 0 Å². The average Bonchev–Trinajstić information content (AvgIpc) is 1.58. The van der Waals surface area contributed by atoms with Gasteiger partial charge in [0.05, 0.1) is 0 Å². The molecule has 70 valence electrons. The van der Waals surface area contributed by atoms with Crippen molar-refractivity contribution in [3.63, 3.8) is 0 Å². The van der Waals surface area contributed by atoms with E-state index in [9.17, 15) is 0 Å². The first-order valence-electron chi connectivity index (χ1n) is 3.45. The first-order chi connectivity index (χ1) is 4.79. The van der Waals surface area contributed by atoms with Crippen molar-refractivity contribution in [3.05, 3.63) is 0 Å². The molecule has 0 heterocycles. The van der Waals surface area contributed by atoms with Crippen LogP contribution in [0.15, 0.2) is 0 Å². The van der Waals surface area contributed by atoms with Crippen LogP contribution in [0.3, 0.4) is 0 Å². The third kappa shape index (κ3) is 37.3.